The lowest BCUT2D eigenvalue weighted by molar-refractivity contribution is -0.187. The highest BCUT2D eigenvalue weighted by atomic mass is 16.7. The van der Waals surface area contributed by atoms with E-state index < -0.39 is 5.79 Å². The van der Waals surface area contributed by atoms with Gasteiger partial charge in [0.25, 0.3) is 5.91 Å². The molecule has 0 aliphatic carbocycles. The Labute approximate surface area is 134 Å². The van der Waals surface area contributed by atoms with Gasteiger partial charge < -0.3 is 28.6 Å². The lowest BCUT2D eigenvalue weighted by Crippen LogP contribution is -2.48. The summed E-state index contributed by atoms with van der Waals surface area (Å²) < 4.78 is 27.4. The third kappa shape index (κ3) is 2.94. The van der Waals surface area contributed by atoms with Crippen molar-refractivity contribution in [1.29, 1.82) is 0 Å². The summed E-state index contributed by atoms with van der Waals surface area (Å²) in [4.78, 5) is 14.1. The third-order valence-corrected chi connectivity index (χ3v) is 4.40. The average Bonchev–Trinajstić information content (AvgIpc) is 3.22. The summed E-state index contributed by atoms with van der Waals surface area (Å²) in [5.74, 6) is 1.44. The Kier molecular flexibility index (Phi) is 3.74. The standard InChI is InChI=1S/C16H19NO6/c18-15(17-5-3-16(4-6-17)22-7-8-23-16)10-19-12-1-2-13-14(9-12)21-11-20-13/h1-2,9H,3-8,10-11H2. The number of hydrogen-bond acceptors (Lipinski definition) is 6. The number of benzene rings is 1. The summed E-state index contributed by atoms with van der Waals surface area (Å²) in [5.41, 5.74) is 0. The fourth-order valence-electron chi connectivity index (χ4n) is 3.09. The lowest BCUT2D eigenvalue weighted by Gasteiger charge is -2.37. The van der Waals surface area contributed by atoms with Crippen molar-refractivity contribution >= 4 is 5.91 Å². The van der Waals surface area contributed by atoms with Gasteiger partial charge in [-0.05, 0) is 12.1 Å². The second-order valence-corrected chi connectivity index (χ2v) is 5.79. The molecule has 0 N–H and O–H groups in total. The van der Waals surface area contributed by atoms with Crippen molar-refractivity contribution in [3.05, 3.63) is 18.2 Å². The molecule has 2 saturated heterocycles. The van der Waals surface area contributed by atoms with E-state index >= 15 is 0 Å². The molecular formula is C16H19NO6. The molecule has 1 aromatic rings. The summed E-state index contributed by atoms with van der Waals surface area (Å²) in [6.45, 7) is 2.76. The van der Waals surface area contributed by atoms with Gasteiger partial charge in [-0.3, -0.25) is 4.79 Å². The van der Waals surface area contributed by atoms with Crippen molar-refractivity contribution in [3.8, 4) is 17.2 Å². The molecule has 1 aromatic carbocycles. The van der Waals surface area contributed by atoms with Crippen LogP contribution in [0.2, 0.25) is 0 Å². The normalized spacial score (nSPS) is 21.7. The van der Waals surface area contributed by atoms with Crippen LogP contribution in [0.3, 0.4) is 0 Å². The number of carbonyl (C=O) groups is 1. The summed E-state index contributed by atoms with van der Waals surface area (Å²) >= 11 is 0. The van der Waals surface area contributed by atoms with Gasteiger partial charge in [0.15, 0.2) is 23.9 Å². The molecule has 1 spiro atoms. The van der Waals surface area contributed by atoms with Crippen LogP contribution in [0.1, 0.15) is 12.8 Å². The van der Waals surface area contributed by atoms with Gasteiger partial charge in [0.05, 0.1) is 13.2 Å². The van der Waals surface area contributed by atoms with E-state index in [1.54, 1.807) is 23.1 Å². The highest BCUT2D eigenvalue weighted by molar-refractivity contribution is 5.78. The molecule has 0 unspecified atom stereocenters. The van der Waals surface area contributed by atoms with Crippen LogP contribution in [0.4, 0.5) is 0 Å². The van der Waals surface area contributed by atoms with Crippen molar-refractivity contribution in [2.24, 2.45) is 0 Å². The van der Waals surface area contributed by atoms with Crippen molar-refractivity contribution in [2.75, 3.05) is 39.7 Å². The Balaban J connectivity index is 1.29. The van der Waals surface area contributed by atoms with E-state index in [4.69, 9.17) is 23.7 Å². The molecule has 3 aliphatic rings. The molecule has 1 amide bonds. The molecule has 0 saturated carbocycles. The minimum Gasteiger partial charge on any atom is -0.484 e. The molecule has 0 radical (unpaired) electrons. The number of hydrogen-bond donors (Lipinski definition) is 0. The SMILES string of the molecule is O=C(COc1ccc2c(c1)OCO2)N1CCC2(CC1)OCCO2. The zero-order valence-corrected chi connectivity index (χ0v) is 12.8. The van der Waals surface area contributed by atoms with E-state index in [9.17, 15) is 4.79 Å². The first-order valence-electron chi connectivity index (χ1n) is 7.82. The fourth-order valence-corrected chi connectivity index (χ4v) is 3.09. The zero-order valence-electron chi connectivity index (χ0n) is 12.8. The Morgan fingerprint density at radius 3 is 2.65 bits per heavy atom. The fraction of sp³-hybridized carbons (Fsp3) is 0.562. The van der Waals surface area contributed by atoms with Crippen LogP contribution in [0.5, 0.6) is 17.2 Å². The number of fused-ring (bicyclic) bond motifs is 1. The largest absolute Gasteiger partial charge is 0.484 e. The van der Waals surface area contributed by atoms with Crippen molar-refractivity contribution in [2.45, 2.75) is 18.6 Å². The number of piperidine rings is 1. The lowest BCUT2D eigenvalue weighted by atomic mass is 10.0. The van der Waals surface area contributed by atoms with E-state index in [0.717, 1.165) is 0 Å². The number of amides is 1. The van der Waals surface area contributed by atoms with Gasteiger partial charge in [-0.25, -0.2) is 0 Å². The van der Waals surface area contributed by atoms with Crippen molar-refractivity contribution < 1.29 is 28.5 Å². The van der Waals surface area contributed by atoms with Crippen LogP contribution in [-0.4, -0.2) is 56.3 Å². The smallest absolute Gasteiger partial charge is 0.260 e. The van der Waals surface area contributed by atoms with Crippen LogP contribution < -0.4 is 14.2 Å². The molecule has 0 atom stereocenters. The Morgan fingerprint density at radius 2 is 1.87 bits per heavy atom. The van der Waals surface area contributed by atoms with Gasteiger partial charge in [-0.15, -0.1) is 0 Å². The molecule has 124 valence electrons. The van der Waals surface area contributed by atoms with Gasteiger partial charge in [-0.2, -0.15) is 0 Å². The monoisotopic (exact) mass is 321 g/mol. The highest BCUT2D eigenvalue weighted by Gasteiger charge is 2.40. The third-order valence-electron chi connectivity index (χ3n) is 4.40. The van der Waals surface area contributed by atoms with Gasteiger partial charge in [-0.1, -0.05) is 0 Å². The first-order chi connectivity index (χ1) is 11.2. The van der Waals surface area contributed by atoms with Crippen LogP contribution in [-0.2, 0) is 14.3 Å². The Bertz CT molecular complexity index is 588. The Hall–Kier alpha value is -1.99. The average molecular weight is 321 g/mol. The maximum Gasteiger partial charge on any atom is 0.260 e. The Morgan fingerprint density at radius 1 is 1.13 bits per heavy atom. The maximum absolute atomic E-state index is 12.3. The first-order valence-corrected chi connectivity index (χ1v) is 7.82. The van der Waals surface area contributed by atoms with Crippen LogP contribution in [0.15, 0.2) is 18.2 Å². The molecule has 0 aromatic heterocycles. The number of likely N-dealkylation sites (tertiary alicyclic amines) is 1. The maximum atomic E-state index is 12.3. The van der Waals surface area contributed by atoms with Crippen LogP contribution in [0, 0.1) is 0 Å². The molecule has 3 aliphatic heterocycles. The number of ether oxygens (including phenoxy) is 5. The molecule has 4 rings (SSSR count). The van der Waals surface area contributed by atoms with Crippen LogP contribution >= 0.6 is 0 Å². The quantitative estimate of drug-likeness (QED) is 0.832. The number of carbonyl (C=O) groups excluding carboxylic acids is 1. The van der Waals surface area contributed by atoms with E-state index in [1.807, 2.05) is 0 Å². The number of rotatable bonds is 3. The first kappa shape index (κ1) is 14.6. The second-order valence-electron chi connectivity index (χ2n) is 5.79. The van der Waals surface area contributed by atoms with Crippen molar-refractivity contribution in [3.63, 3.8) is 0 Å². The topological polar surface area (TPSA) is 66.5 Å². The van der Waals surface area contributed by atoms with E-state index in [1.165, 1.54) is 0 Å². The predicted molar refractivity (Wildman–Crippen MR) is 78.5 cm³/mol. The molecule has 7 nitrogen and oxygen atoms in total. The van der Waals surface area contributed by atoms with E-state index in [0.29, 0.717) is 56.4 Å². The summed E-state index contributed by atoms with van der Waals surface area (Å²) in [5, 5.41) is 0. The molecular weight excluding hydrogens is 302 g/mol. The molecule has 7 heteroatoms. The molecule has 23 heavy (non-hydrogen) atoms. The van der Waals surface area contributed by atoms with Crippen LogP contribution in [0.25, 0.3) is 0 Å². The zero-order chi connectivity index (χ0) is 15.7. The minimum atomic E-state index is -0.463. The second kappa shape index (κ2) is 5.90. The van der Waals surface area contributed by atoms with E-state index in [2.05, 4.69) is 0 Å². The molecule has 2 fully saturated rings. The summed E-state index contributed by atoms with van der Waals surface area (Å²) in [7, 11) is 0. The van der Waals surface area contributed by atoms with Gasteiger partial charge in [0.2, 0.25) is 6.79 Å². The summed E-state index contributed by atoms with van der Waals surface area (Å²) in [6, 6.07) is 5.29. The highest BCUT2D eigenvalue weighted by Crippen LogP contribution is 2.35. The van der Waals surface area contributed by atoms with E-state index in [-0.39, 0.29) is 19.3 Å². The van der Waals surface area contributed by atoms with Gasteiger partial charge in [0.1, 0.15) is 5.75 Å². The molecule has 3 heterocycles. The van der Waals surface area contributed by atoms with Crippen molar-refractivity contribution in [1.82, 2.24) is 4.90 Å². The van der Waals surface area contributed by atoms with Gasteiger partial charge >= 0.3 is 0 Å². The van der Waals surface area contributed by atoms with Gasteiger partial charge in [0, 0.05) is 32.0 Å². The predicted octanol–water partition coefficient (Wildman–Crippen LogP) is 1.16. The molecule has 0 bridgehead atoms. The minimum absolute atomic E-state index is 0.00829. The number of nitrogens with zero attached hydrogens (tertiary/aromatic N) is 1. The summed E-state index contributed by atoms with van der Waals surface area (Å²) in [6.07, 6.45) is 1.42.